The van der Waals surface area contributed by atoms with Gasteiger partial charge in [-0.25, -0.2) is 13.2 Å². The second-order valence-electron chi connectivity index (χ2n) is 7.08. The third-order valence-corrected chi connectivity index (χ3v) is 5.30. The Hall–Kier alpha value is -1.56. The Bertz CT molecular complexity index is 645. The monoisotopic (exact) mass is 338 g/mol. The van der Waals surface area contributed by atoms with Gasteiger partial charge in [0.2, 0.25) is 0 Å². The van der Waals surface area contributed by atoms with Gasteiger partial charge in [0.05, 0.1) is 5.75 Å². The molecule has 5 nitrogen and oxygen atoms in total. The molecule has 1 aromatic rings. The van der Waals surface area contributed by atoms with Crippen molar-refractivity contribution < 1.29 is 13.2 Å². The first kappa shape index (κ1) is 17.8. The summed E-state index contributed by atoms with van der Waals surface area (Å²) in [7, 11) is -2.99. The quantitative estimate of drug-likeness (QED) is 0.832. The summed E-state index contributed by atoms with van der Waals surface area (Å²) in [6.45, 7) is 4.60. The topological polar surface area (TPSA) is 75.3 Å². The summed E-state index contributed by atoms with van der Waals surface area (Å²) in [6.07, 6.45) is 3.56. The van der Waals surface area contributed by atoms with E-state index in [-0.39, 0.29) is 23.2 Å². The van der Waals surface area contributed by atoms with Crippen molar-refractivity contribution in [2.24, 2.45) is 5.41 Å². The lowest BCUT2D eigenvalue weighted by atomic mass is 9.87. The van der Waals surface area contributed by atoms with E-state index in [9.17, 15) is 13.2 Å². The molecule has 23 heavy (non-hydrogen) atoms. The molecule has 0 aliphatic heterocycles. The van der Waals surface area contributed by atoms with Crippen molar-refractivity contribution in [1.82, 2.24) is 10.6 Å². The van der Waals surface area contributed by atoms with Gasteiger partial charge in [0.15, 0.2) is 0 Å². The summed E-state index contributed by atoms with van der Waals surface area (Å²) < 4.78 is 22.3. The van der Waals surface area contributed by atoms with Gasteiger partial charge in [0.1, 0.15) is 9.84 Å². The molecular weight excluding hydrogens is 312 g/mol. The number of nitrogens with one attached hydrogen (secondary N) is 2. The predicted octanol–water partition coefficient (Wildman–Crippen LogP) is 1.91. The van der Waals surface area contributed by atoms with Crippen LogP contribution < -0.4 is 10.6 Å². The minimum Gasteiger partial charge on any atom is -0.338 e. The molecule has 128 valence electrons. The maximum atomic E-state index is 12.0. The van der Waals surface area contributed by atoms with Crippen molar-refractivity contribution in [2.45, 2.75) is 39.2 Å². The maximum absolute atomic E-state index is 12.0. The largest absolute Gasteiger partial charge is 0.338 e. The molecule has 1 atom stereocenters. The summed E-state index contributed by atoms with van der Waals surface area (Å²) >= 11 is 0. The van der Waals surface area contributed by atoms with Gasteiger partial charge in [-0.3, -0.25) is 0 Å². The molecule has 6 heteroatoms. The number of carbonyl (C=O) groups excluding carboxylic acids is 1. The summed E-state index contributed by atoms with van der Waals surface area (Å²) in [5.41, 5.74) is 2.76. The van der Waals surface area contributed by atoms with Crippen LogP contribution in [0.1, 0.15) is 31.4 Å². The van der Waals surface area contributed by atoms with Gasteiger partial charge in [0.25, 0.3) is 0 Å². The van der Waals surface area contributed by atoms with Crippen molar-refractivity contribution in [3.63, 3.8) is 0 Å². The normalized spacial score (nSPS) is 17.3. The van der Waals surface area contributed by atoms with E-state index >= 15 is 0 Å². The van der Waals surface area contributed by atoms with Crippen LogP contribution in [0.3, 0.4) is 0 Å². The smallest absolute Gasteiger partial charge is 0.315 e. The molecule has 0 bridgehead atoms. The Morgan fingerprint density at radius 1 is 1.26 bits per heavy atom. The molecule has 0 fully saturated rings. The first-order valence-corrected chi connectivity index (χ1v) is 10.0. The number of sulfone groups is 1. The number of hydrogen-bond acceptors (Lipinski definition) is 3. The van der Waals surface area contributed by atoms with Crippen LogP contribution >= 0.6 is 0 Å². The van der Waals surface area contributed by atoms with Crippen LogP contribution in [0.5, 0.6) is 0 Å². The van der Waals surface area contributed by atoms with Crippen LogP contribution in [0.25, 0.3) is 0 Å². The first-order chi connectivity index (χ1) is 10.7. The van der Waals surface area contributed by atoms with E-state index in [0.29, 0.717) is 13.0 Å². The van der Waals surface area contributed by atoms with E-state index in [1.165, 1.54) is 17.4 Å². The van der Waals surface area contributed by atoms with Gasteiger partial charge in [-0.1, -0.05) is 31.2 Å². The number of urea groups is 1. The molecule has 0 heterocycles. The van der Waals surface area contributed by atoms with E-state index < -0.39 is 9.84 Å². The highest BCUT2D eigenvalue weighted by molar-refractivity contribution is 7.90. The fraction of sp³-hybridized carbons (Fsp3) is 0.588. The predicted molar refractivity (Wildman–Crippen MR) is 92.3 cm³/mol. The van der Waals surface area contributed by atoms with E-state index in [2.05, 4.69) is 29.7 Å². The van der Waals surface area contributed by atoms with Crippen molar-refractivity contribution in [3.8, 4) is 0 Å². The molecule has 1 aliphatic carbocycles. The Morgan fingerprint density at radius 2 is 1.83 bits per heavy atom. The number of rotatable bonds is 6. The zero-order valence-corrected chi connectivity index (χ0v) is 14.9. The zero-order valence-electron chi connectivity index (χ0n) is 14.1. The molecule has 2 N–H and O–H groups in total. The Labute approximate surface area is 138 Å². The maximum Gasteiger partial charge on any atom is 0.315 e. The minimum atomic E-state index is -2.99. The van der Waals surface area contributed by atoms with Crippen LogP contribution in [0.2, 0.25) is 0 Å². The number of amides is 2. The van der Waals surface area contributed by atoms with E-state index in [1.807, 2.05) is 19.1 Å². The van der Waals surface area contributed by atoms with Crippen LogP contribution in [0.4, 0.5) is 4.79 Å². The molecule has 0 saturated carbocycles. The second kappa shape index (κ2) is 6.91. The lowest BCUT2D eigenvalue weighted by Crippen LogP contribution is -2.45. The molecular formula is C17H26N2O3S. The molecule has 2 rings (SSSR count). The van der Waals surface area contributed by atoms with Gasteiger partial charge >= 0.3 is 6.03 Å². The van der Waals surface area contributed by atoms with Gasteiger partial charge < -0.3 is 10.6 Å². The lowest BCUT2D eigenvalue weighted by Gasteiger charge is -2.24. The Kier molecular flexibility index (Phi) is 5.34. The standard InChI is InChI=1S/C17H26N2O3S/c1-13(8-9-23(3,21)22)19-16(20)18-12-17(2)10-14-6-4-5-7-15(14)11-17/h4-7,13H,8-12H2,1-3H3,(H2,18,19,20)/t13-/m0/s1. The second-order valence-corrected chi connectivity index (χ2v) is 9.34. The van der Waals surface area contributed by atoms with Crippen molar-refractivity contribution in [3.05, 3.63) is 35.4 Å². The first-order valence-electron chi connectivity index (χ1n) is 7.96. The lowest BCUT2D eigenvalue weighted by molar-refractivity contribution is 0.229. The van der Waals surface area contributed by atoms with E-state index in [1.54, 1.807) is 0 Å². The summed E-state index contributed by atoms with van der Waals surface area (Å²) in [5, 5.41) is 5.73. The average Bonchev–Trinajstić information content (AvgIpc) is 2.79. The highest BCUT2D eigenvalue weighted by atomic mass is 32.2. The van der Waals surface area contributed by atoms with Crippen LogP contribution in [-0.2, 0) is 22.7 Å². The third kappa shape index (κ3) is 5.53. The molecule has 0 unspecified atom stereocenters. The summed E-state index contributed by atoms with van der Waals surface area (Å²) in [4.78, 5) is 12.0. The van der Waals surface area contributed by atoms with Gasteiger partial charge in [-0.15, -0.1) is 0 Å². The van der Waals surface area contributed by atoms with Crippen molar-refractivity contribution in [2.75, 3.05) is 18.6 Å². The minimum absolute atomic E-state index is 0.0387. The molecule has 0 radical (unpaired) electrons. The van der Waals surface area contributed by atoms with Gasteiger partial charge in [-0.2, -0.15) is 0 Å². The van der Waals surface area contributed by atoms with Crippen LogP contribution in [-0.4, -0.2) is 39.0 Å². The number of fused-ring (bicyclic) bond motifs is 1. The summed E-state index contributed by atoms with van der Waals surface area (Å²) in [6, 6.07) is 7.99. The highest BCUT2D eigenvalue weighted by Crippen LogP contribution is 2.35. The number of benzene rings is 1. The molecule has 0 aromatic heterocycles. The SMILES string of the molecule is C[C@@H](CCS(C)(=O)=O)NC(=O)NCC1(C)Cc2ccccc2C1. The Morgan fingerprint density at radius 3 is 2.35 bits per heavy atom. The van der Waals surface area contributed by atoms with E-state index in [4.69, 9.17) is 0 Å². The van der Waals surface area contributed by atoms with Crippen molar-refractivity contribution in [1.29, 1.82) is 0 Å². The van der Waals surface area contributed by atoms with Crippen LogP contribution in [0.15, 0.2) is 24.3 Å². The molecule has 0 spiro atoms. The molecule has 2 amide bonds. The third-order valence-electron chi connectivity index (χ3n) is 4.33. The fourth-order valence-corrected chi connectivity index (χ4v) is 3.82. The average molecular weight is 338 g/mol. The molecule has 1 aliphatic rings. The Balaban J connectivity index is 1.77. The van der Waals surface area contributed by atoms with Crippen molar-refractivity contribution >= 4 is 15.9 Å². The highest BCUT2D eigenvalue weighted by Gasteiger charge is 2.32. The van der Waals surface area contributed by atoms with Gasteiger partial charge in [0, 0.05) is 18.8 Å². The van der Waals surface area contributed by atoms with Gasteiger partial charge in [-0.05, 0) is 42.7 Å². The number of carbonyl (C=O) groups is 1. The zero-order chi connectivity index (χ0) is 17.1. The fourth-order valence-electron chi connectivity index (χ4n) is 3.04. The number of hydrogen-bond donors (Lipinski definition) is 2. The molecule has 0 saturated heterocycles. The van der Waals surface area contributed by atoms with Crippen LogP contribution in [0, 0.1) is 5.41 Å². The summed E-state index contributed by atoms with van der Waals surface area (Å²) in [5.74, 6) is 0.0848. The van der Waals surface area contributed by atoms with E-state index in [0.717, 1.165) is 12.8 Å². The molecule has 1 aromatic carbocycles.